The number of hydrogen-bond donors (Lipinski definition) is 3. The van der Waals surface area contributed by atoms with E-state index in [1.54, 1.807) is 0 Å². The van der Waals surface area contributed by atoms with Crippen molar-refractivity contribution in [2.24, 2.45) is 0 Å². The zero-order chi connectivity index (χ0) is 13.3. The van der Waals surface area contributed by atoms with Gasteiger partial charge < -0.3 is 4.74 Å². The summed E-state index contributed by atoms with van der Waals surface area (Å²) in [5, 5.41) is 17.1. The number of anilines is 1. The Balaban J connectivity index is 2.74. The van der Waals surface area contributed by atoms with Gasteiger partial charge in [0.2, 0.25) is 5.88 Å². The molecule has 0 saturated heterocycles. The van der Waals surface area contributed by atoms with Gasteiger partial charge in [-0.2, -0.15) is 0 Å². The van der Waals surface area contributed by atoms with Crippen molar-refractivity contribution in [3.63, 3.8) is 0 Å². The number of rotatable bonds is 5. The normalized spacial score (nSPS) is 14.6. The molecule has 1 fully saturated rings. The Labute approximate surface area is 104 Å². The monoisotopic (exact) mass is 254 g/mol. The number of nitrogens with zero attached hydrogens (tertiary/aromatic N) is 2. The van der Waals surface area contributed by atoms with E-state index in [4.69, 9.17) is 15.4 Å². The van der Waals surface area contributed by atoms with Crippen molar-refractivity contribution in [2.45, 2.75) is 38.8 Å². The number of methoxy groups -OCH3 is 1. The fraction of sp³-hybridized carbons (Fsp3) is 0.636. The molecule has 1 heterocycles. The Kier molecular flexibility index (Phi) is 3.42. The lowest BCUT2D eigenvalue weighted by molar-refractivity contribution is 0.336. The van der Waals surface area contributed by atoms with E-state index in [2.05, 4.69) is 0 Å². The molecule has 0 radical (unpaired) electrons. The smallest absolute Gasteiger partial charge is 0.332 e. The third kappa shape index (κ3) is 1.90. The molecule has 1 saturated carbocycles. The van der Waals surface area contributed by atoms with E-state index in [1.165, 1.54) is 16.2 Å². The van der Waals surface area contributed by atoms with Crippen LogP contribution in [-0.2, 0) is 6.54 Å². The fourth-order valence-electron chi connectivity index (χ4n) is 2.06. The van der Waals surface area contributed by atoms with Crippen LogP contribution in [0, 0.1) is 5.41 Å². The lowest BCUT2D eigenvalue weighted by Gasteiger charge is -2.17. The van der Waals surface area contributed by atoms with Crippen LogP contribution in [-0.4, -0.2) is 21.5 Å². The maximum Gasteiger partial charge on any atom is 0.332 e. The van der Waals surface area contributed by atoms with Crippen molar-refractivity contribution in [3.8, 4) is 5.88 Å². The first kappa shape index (κ1) is 12.7. The van der Waals surface area contributed by atoms with Crippen molar-refractivity contribution in [1.82, 2.24) is 9.13 Å². The summed E-state index contributed by atoms with van der Waals surface area (Å²) in [5.74, 6) is 0.224. The quantitative estimate of drug-likeness (QED) is 0.674. The van der Waals surface area contributed by atoms with E-state index in [9.17, 15) is 4.79 Å². The average Bonchev–Trinajstić information content (AvgIpc) is 3.18. The molecule has 1 aromatic heterocycles. The molecule has 7 heteroatoms. The largest absolute Gasteiger partial charge is 0.480 e. The second-order valence-corrected chi connectivity index (χ2v) is 4.38. The molecule has 100 valence electrons. The summed E-state index contributed by atoms with van der Waals surface area (Å²) in [6.07, 6.45) is 2.59. The molecule has 0 aliphatic heterocycles. The molecule has 18 heavy (non-hydrogen) atoms. The Bertz CT molecular complexity index is 557. The maximum absolute atomic E-state index is 12.3. The van der Waals surface area contributed by atoms with Crippen molar-refractivity contribution in [2.75, 3.05) is 12.6 Å². The summed E-state index contributed by atoms with van der Waals surface area (Å²) in [5.41, 5.74) is 1.80. The summed E-state index contributed by atoms with van der Waals surface area (Å²) >= 11 is 0. The Morgan fingerprint density at radius 1 is 1.56 bits per heavy atom. The third-order valence-corrected chi connectivity index (χ3v) is 3.04. The SMILES string of the molecule is CCCn1c(=N)c(NO)c(OC)n(C2CC2)c1=O. The second-order valence-electron chi connectivity index (χ2n) is 4.38. The van der Waals surface area contributed by atoms with Crippen molar-refractivity contribution in [3.05, 3.63) is 16.0 Å². The van der Waals surface area contributed by atoms with E-state index in [1.807, 2.05) is 12.4 Å². The Morgan fingerprint density at radius 2 is 2.22 bits per heavy atom. The van der Waals surface area contributed by atoms with Gasteiger partial charge >= 0.3 is 5.69 Å². The molecule has 0 bridgehead atoms. The summed E-state index contributed by atoms with van der Waals surface area (Å²) in [7, 11) is 1.43. The van der Waals surface area contributed by atoms with Crippen LogP contribution >= 0.6 is 0 Å². The zero-order valence-electron chi connectivity index (χ0n) is 10.6. The minimum atomic E-state index is -0.250. The summed E-state index contributed by atoms with van der Waals surface area (Å²) in [4.78, 5) is 12.3. The first-order valence-corrected chi connectivity index (χ1v) is 6.03. The predicted octanol–water partition coefficient (Wildman–Crippen LogP) is 0.684. The molecule has 0 spiro atoms. The fourth-order valence-corrected chi connectivity index (χ4v) is 2.06. The zero-order valence-corrected chi connectivity index (χ0v) is 10.6. The van der Waals surface area contributed by atoms with Gasteiger partial charge in [0.15, 0.2) is 11.2 Å². The molecule has 2 rings (SSSR count). The van der Waals surface area contributed by atoms with Gasteiger partial charge in [-0.3, -0.25) is 25.2 Å². The Hall–Kier alpha value is -1.76. The highest BCUT2D eigenvalue weighted by atomic mass is 16.5. The van der Waals surface area contributed by atoms with Gasteiger partial charge in [0, 0.05) is 12.6 Å². The van der Waals surface area contributed by atoms with E-state index >= 15 is 0 Å². The second kappa shape index (κ2) is 4.85. The van der Waals surface area contributed by atoms with Gasteiger partial charge in [-0.15, -0.1) is 0 Å². The predicted molar refractivity (Wildman–Crippen MR) is 65.1 cm³/mol. The summed E-state index contributed by atoms with van der Waals surface area (Å²) in [6, 6.07) is 0.114. The van der Waals surface area contributed by atoms with Crippen LogP contribution in [0.4, 0.5) is 5.69 Å². The highest BCUT2D eigenvalue weighted by Gasteiger charge is 2.30. The van der Waals surface area contributed by atoms with Gasteiger partial charge in [0.05, 0.1) is 7.11 Å². The first-order chi connectivity index (χ1) is 8.65. The van der Waals surface area contributed by atoms with Gasteiger partial charge in [0.25, 0.3) is 0 Å². The maximum atomic E-state index is 12.3. The van der Waals surface area contributed by atoms with Gasteiger partial charge in [-0.25, -0.2) is 4.79 Å². The molecule has 1 aliphatic rings. The highest BCUT2D eigenvalue weighted by Crippen LogP contribution is 2.37. The van der Waals surface area contributed by atoms with E-state index in [0.717, 1.165) is 19.3 Å². The number of hydrogen-bond acceptors (Lipinski definition) is 5. The topological polar surface area (TPSA) is 92.3 Å². The number of ether oxygens (including phenoxy) is 1. The third-order valence-electron chi connectivity index (χ3n) is 3.04. The molecule has 0 unspecified atom stereocenters. The van der Waals surface area contributed by atoms with Crippen LogP contribution in [0.25, 0.3) is 0 Å². The standard InChI is InChI=1S/C11H18N4O3/c1-3-6-14-9(12)8(13-17)10(18-2)15(11(14)16)7-4-5-7/h7,12-13,17H,3-6H2,1-2H3. The molecular formula is C11H18N4O3. The Morgan fingerprint density at radius 3 is 2.67 bits per heavy atom. The minimum absolute atomic E-state index is 0.0573. The summed E-state index contributed by atoms with van der Waals surface area (Å²) in [6.45, 7) is 2.38. The first-order valence-electron chi connectivity index (χ1n) is 6.03. The van der Waals surface area contributed by atoms with E-state index in [0.29, 0.717) is 6.54 Å². The van der Waals surface area contributed by atoms with Gasteiger partial charge in [0.1, 0.15) is 0 Å². The number of aromatic nitrogens is 2. The lowest BCUT2D eigenvalue weighted by atomic mass is 10.4. The summed E-state index contributed by atoms with van der Waals surface area (Å²) < 4.78 is 8.04. The van der Waals surface area contributed by atoms with Gasteiger partial charge in [-0.05, 0) is 19.3 Å². The van der Waals surface area contributed by atoms with Crippen molar-refractivity contribution in [1.29, 1.82) is 5.41 Å². The van der Waals surface area contributed by atoms with Crippen LogP contribution in [0.3, 0.4) is 0 Å². The average molecular weight is 254 g/mol. The molecule has 1 aromatic rings. The molecule has 3 N–H and O–H groups in total. The van der Waals surface area contributed by atoms with Crippen LogP contribution in [0.5, 0.6) is 5.88 Å². The van der Waals surface area contributed by atoms with Crippen LogP contribution in [0.15, 0.2) is 4.79 Å². The van der Waals surface area contributed by atoms with Gasteiger partial charge in [-0.1, -0.05) is 6.92 Å². The molecule has 0 amide bonds. The molecule has 0 atom stereocenters. The van der Waals surface area contributed by atoms with Crippen LogP contribution < -0.4 is 21.4 Å². The van der Waals surface area contributed by atoms with Crippen LogP contribution in [0.2, 0.25) is 0 Å². The molecular weight excluding hydrogens is 236 g/mol. The molecule has 7 nitrogen and oxygen atoms in total. The van der Waals surface area contributed by atoms with E-state index < -0.39 is 0 Å². The lowest BCUT2D eigenvalue weighted by Crippen LogP contribution is -2.41. The highest BCUT2D eigenvalue weighted by molar-refractivity contribution is 5.49. The minimum Gasteiger partial charge on any atom is -0.480 e. The number of nitrogens with one attached hydrogen (secondary N) is 2. The molecule has 0 aromatic carbocycles. The molecule has 1 aliphatic carbocycles. The van der Waals surface area contributed by atoms with Crippen LogP contribution in [0.1, 0.15) is 32.2 Å². The van der Waals surface area contributed by atoms with Crippen molar-refractivity contribution >= 4 is 5.69 Å². The van der Waals surface area contributed by atoms with Crippen molar-refractivity contribution < 1.29 is 9.94 Å². The van der Waals surface area contributed by atoms with E-state index in [-0.39, 0.29) is 28.8 Å².